The maximum absolute atomic E-state index is 4.70. The molecule has 0 atom stereocenters. The number of nitrogens with zero attached hydrogens (tertiary/aromatic N) is 3. The van der Waals surface area contributed by atoms with Crippen LogP contribution in [0.1, 0.15) is 35.9 Å². The largest absolute Gasteiger partial charge is 0.217 e. The third-order valence-corrected chi connectivity index (χ3v) is 4.61. The second kappa shape index (κ2) is 5.37. The van der Waals surface area contributed by atoms with E-state index in [0.717, 1.165) is 17.1 Å². The molecule has 0 aliphatic rings. The number of unbranched alkanes of at least 4 members (excludes halogenated alkanes) is 1. The molecule has 0 saturated heterocycles. The van der Waals surface area contributed by atoms with Gasteiger partial charge in [0.05, 0.1) is 11.9 Å². The van der Waals surface area contributed by atoms with Crippen molar-refractivity contribution in [2.24, 2.45) is 0 Å². The van der Waals surface area contributed by atoms with Crippen LogP contribution in [-0.4, -0.2) is 14.6 Å². The highest BCUT2D eigenvalue weighted by Crippen LogP contribution is 2.24. The lowest BCUT2D eigenvalue weighted by Crippen LogP contribution is -1.87. The molecule has 2 heterocycles. The summed E-state index contributed by atoms with van der Waals surface area (Å²) in [4.78, 5) is 5.69. The number of hydrogen-bond acceptors (Lipinski definition) is 3. The van der Waals surface area contributed by atoms with Crippen LogP contribution in [-0.2, 0) is 6.42 Å². The Morgan fingerprint density at radius 2 is 2.05 bits per heavy atom. The van der Waals surface area contributed by atoms with Gasteiger partial charge < -0.3 is 0 Å². The Balaban J connectivity index is 1.92. The fourth-order valence-corrected chi connectivity index (χ4v) is 3.13. The molecule has 4 heteroatoms. The molecule has 0 saturated carbocycles. The van der Waals surface area contributed by atoms with E-state index in [-0.39, 0.29) is 0 Å². The van der Waals surface area contributed by atoms with Crippen LogP contribution in [0.3, 0.4) is 0 Å². The number of benzene rings is 1. The first-order valence-corrected chi connectivity index (χ1v) is 7.91. The summed E-state index contributed by atoms with van der Waals surface area (Å²) in [7, 11) is 0. The molecule has 0 radical (unpaired) electrons. The number of aromatic nitrogens is 3. The molecule has 0 amide bonds. The Morgan fingerprint density at radius 1 is 1.20 bits per heavy atom. The lowest BCUT2D eigenvalue weighted by Gasteiger charge is -2.01. The summed E-state index contributed by atoms with van der Waals surface area (Å²) in [6, 6.07) is 6.48. The first kappa shape index (κ1) is 13.3. The number of imidazole rings is 1. The highest BCUT2D eigenvalue weighted by molar-refractivity contribution is 7.16. The fourth-order valence-electron chi connectivity index (χ4n) is 2.21. The molecule has 3 nitrogen and oxygen atoms in total. The van der Waals surface area contributed by atoms with Crippen molar-refractivity contribution in [3.05, 3.63) is 40.5 Å². The van der Waals surface area contributed by atoms with Gasteiger partial charge in [-0.2, -0.15) is 5.10 Å². The molecule has 0 unspecified atom stereocenters. The van der Waals surface area contributed by atoms with Gasteiger partial charge in [0, 0.05) is 12.0 Å². The predicted molar refractivity (Wildman–Crippen MR) is 84.4 cm³/mol. The van der Waals surface area contributed by atoms with Crippen LogP contribution in [0, 0.1) is 13.8 Å². The van der Waals surface area contributed by atoms with Gasteiger partial charge in [0.25, 0.3) is 0 Å². The summed E-state index contributed by atoms with van der Waals surface area (Å²) in [5.41, 5.74) is 4.79. The van der Waals surface area contributed by atoms with E-state index in [1.54, 1.807) is 11.3 Å². The van der Waals surface area contributed by atoms with Gasteiger partial charge in [-0.25, -0.2) is 9.50 Å². The molecule has 0 N–H and O–H groups in total. The van der Waals surface area contributed by atoms with Crippen LogP contribution >= 0.6 is 11.3 Å². The predicted octanol–water partition coefficient (Wildman–Crippen LogP) is 4.42. The average Bonchev–Trinajstić information content (AvgIpc) is 2.97. The van der Waals surface area contributed by atoms with E-state index in [2.05, 4.69) is 44.1 Å². The SMILES string of the molecule is CCCCc1nn2cc(-c3ccc(C)c(C)c3)nc2s1. The second-order valence-corrected chi connectivity index (χ2v) is 6.29. The molecule has 2 aromatic heterocycles. The molecule has 0 spiro atoms. The minimum Gasteiger partial charge on any atom is -0.217 e. The number of hydrogen-bond donors (Lipinski definition) is 0. The van der Waals surface area contributed by atoms with Crippen molar-refractivity contribution >= 4 is 16.3 Å². The summed E-state index contributed by atoms with van der Waals surface area (Å²) in [6.45, 7) is 6.47. The van der Waals surface area contributed by atoms with Crippen molar-refractivity contribution in [2.45, 2.75) is 40.0 Å². The molecular weight excluding hydrogens is 266 g/mol. The summed E-state index contributed by atoms with van der Waals surface area (Å²) in [6.07, 6.45) is 5.49. The first-order valence-electron chi connectivity index (χ1n) is 7.10. The van der Waals surface area contributed by atoms with E-state index in [9.17, 15) is 0 Å². The summed E-state index contributed by atoms with van der Waals surface area (Å²) in [5.74, 6) is 0. The second-order valence-electron chi connectivity index (χ2n) is 5.25. The van der Waals surface area contributed by atoms with Crippen LogP contribution in [0.2, 0.25) is 0 Å². The summed E-state index contributed by atoms with van der Waals surface area (Å²) < 4.78 is 1.92. The van der Waals surface area contributed by atoms with Crippen molar-refractivity contribution in [1.29, 1.82) is 0 Å². The number of aryl methyl sites for hydroxylation is 3. The van der Waals surface area contributed by atoms with Gasteiger partial charge >= 0.3 is 0 Å². The standard InChI is InChI=1S/C16H19N3S/c1-4-5-6-15-18-19-10-14(17-16(19)20-15)13-8-7-11(2)12(3)9-13/h7-10H,4-6H2,1-3H3. The van der Waals surface area contributed by atoms with Crippen molar-refractivity contribution in [3.8, 4) is 11.3 Å². The van der Waals surface area contributed by atoms with E-state index < -0.39 is 0 Å². The fraction of sp³-hybridized carbons (Fsp3) is 0.375. The monoisotopic (exact) mass is 285 g/mol. The zero-order valence-electron chi connectivity index (χ0n) is 12.2. The zero-order chi connectivity index (χ0) is 14.1. The van der Waals surface area contributed by atoms with Crippen LogP contribution in [0.15, 0.2) is 24.4 Å². The van der Waals surface area contributed by atoms with Gasteiger partial charge in [-0.3, -0.25) is 0 Å². The topological polar surface area (TPSA) is 30.2 Å². The molecule has 20 heavy (non-hydrogen) atoms. The lowest BCUT2D eigenvalue weighted by atomic mass is 10.1. The van der Waals surface area contributed by atoms with Gasteiger partial charge in [-0.1, -0.05) is 36.8 Å². The Kier molecular flexibility index (Phi) is 3.57. The van der Waals surface area contributed by atoms with Gasteiger partial charge in [-0.05, 0) is 37.5 Å². The third-order valence-electron chi connectivity index (χ3n) is 3.63. The summed E-state index contributed by atoms with van der Waals surface area (Å²) >= 11 is 1.70. The van der Waals surface area contributed by atoms with E-state index in [1.807, 2.05) is 10.7 Å². The van der Waals surface area contributed by atoms with Crippen LogP contribution < -0.4 is 0 Å². The zero-order valence-corrected chi connectivity index (χ0v) is 13.0. The molecule has 0 bridgehead atoms. The molecule has 104 valence electrons. The van der Waals surface area contributed by atoms with Crippen molar-refractivity contribution in [1.82, 2.24) is 14.6 Å². The van der Waals surface area contributed by atoms with Crippen LogP contribution in [0.4, 0.5) is 0 Å². The van der Waals surface area contributed by atoms with Gasteiger partial charge in [0.1, 0.15) is 5.01 Å². The van der Waals surface area contributed by atoms with Crippen LogP contribution in [0.25, 0.3) is 16.2 Å². The molecule has 3 aromatic rings. The van der Waals surface area contributed by atoms with E-state index in [0.29, 0.717) is 0 Å². The van der Waals surface area contributed by atoms with Crippen molar-refractivity contribution in [2.75, 3.05) is 0 Å². The van der Waals surface area contributed by atoms with Crippen molar-refractivity contribution < 1.29 is 0 Å². The minimum atomic E-state index is 0.990. The maximum Gasteiger partial charge on any atom is 0.212 e. The molecule has 0 aliphatic heterocycles. The van der Waals surface area contributed by atoms with E-state index in [1.165, 1.54) is 34.5 Å². The first-order chi connectivity index (χ1) is 9.67. The smallest absolute Gasteiger partial charge is 0.212 e. The Morgan fingerprint density at radius 3 is 2.75 bits per heavy atom. The lowest BCUT2D eigenvalue weighted by molar-refractivity contribution is 0.770. The average molecular weight is 285 g/mol. The quantitative estimate of drug-likeness (QED) is 0.710. The van der Waals surface area contributed by atoms with Crippen LogP contribution in [0.5, 0.6) is 0 Å². The van der Waals surface area contributed by atoms with E-state index in [4.69, 9.17) is 4.98 Å². The normalized spacial score (nSPS) is 11.3. The molecule has 3 rings (SSSR count). The molecular formula is C16H19N3S. The Bertz CT molecular complexity index is 708. The maximum atomic E-state index is 4.70. The van der Waals surface area contributed by atoms with E-state index >= 15 is 0 Å². The van der Waals surface area contributed by atoms with Crippen molar-refractivity contribution in [3.63, 3.8) is 0 Å². The highest BCUT2D eigenvalue weighted by Gasteiger charge is 2.09. The molecule has 1 aromatic carbocycles. The third kappa shape index (κ3) is 2.48. The van der Waals surface area contributed by atoms with Gasteiger partial charge in [0.15, 0.2) is 0 Å². The molecule has 0 aliphatic carbocycles. The highest BCUT2D eigenvalue weighted by atomic mass is 32.1. The number of fused-ring (bicyclic) bond motifs is 1. The van der Waals surface area contributed by atoms with Gasteiger partial charge in [0.2, 0.25) is 4.96 Å². The Hall–Kier alpha value is -1.68. The minimum absolute atomic E-state index is 0.990. The summed E-state index contributed by atoms with van der Waals surface area (Å²) in [5, 5.41) is 5.79. The number of rotatable bonds is 4. The Labute approximate surface area is 123 Å². The van der Waals surface area contributed by atoms with Gasteiger partial charge in [-0.15, -0.1) is 0 Å². The molecule has 0 fully saturated rings.